The Morgan fingerprint density at radius 1 is 1.26 bits per heavy atom. The Bertz CT molecular complexity index is 1140. The number of aliphatic carboxylic acids is 1. The fraction of sp³-hybridized carbons (Fsp3) is 0.318. The Balaban J connectivity index is 1.54. The van der Waals surface area contributed by atoms with Crippen LogP contribution in [0.1, 0.15) is 43.7 Å². The average Bonchev–Trinajstić information content (AvgIpc) is 3.12. The predicted octanol–water partition coefficient (Wildman–Crippen LogP) is 4.25. The first-order valence-electron chi connectivity index (χ1n) is 10.2. The highest BCUT2D eigenvalue weighted by Crippen LogP contribution is 2.43. The van der Waals surface area contributed by atoms with Crippen LogP contribution in [0.15, 0.2) is 67.7 Å². The molecule has 9 heteroatoms. The van der Waals surface area contributed by atoms with E-state index in [1.165, 1.54) is 6.07 Å². The number of pyridine rings is 1. The molecule has 5 rings (SSSR count). The van der Waals surface area contributed by atoms with Crippen molar-refractivity contribution in [3.63, 3.8) is 0 Å². The normalized spacial score (nSPS) is 29.5. The van der Waals surface area contributed by atoms with Crippen LogP contribution >= 0.6 is 11.6 Å². The summed E-state index contributed by atoms with van der Waals surface area (Å²) in [5.74, 6) is -0.844. The number of carboxylic acid groups (broad SMARTS) is 1. The standard InChI is InChI=1S/C22H19ClFN5O2/c23-14-5-8-16-18(10-14)26-11-19-28-27-12-29(19,21(16)22(30)31)15-6-3-13(4-7-15)20-17(24)2-1-9-25-20/h1-2,5,9-13,15H,3-4,6-8H2/p+1. The Morgan fingerprint density at radius 3 is 2.81 bits per heavy atom. The fourth-order valence-corrected chi connectivity index (χ4v) is 5.24. The van der Waals surface area contributed by atoms with Gasteiger partial charge in [0.1, 0.15) is 18.1 Å². The molecular weight excluding hydrogens is 421 g/mol. The molecule has 2 aliphatic heterocycles. The van der Waals surface area contributed by atoms with E-state index in [0.717, 1.165) is 0 Å². The van der Waals surface area contributed by atoms with Crippen molar-refractivity contribution in [3.8, 4) is 0 Å². The number of rotatable bonds is 3. The van der Waals surface area contributed by atoms with Crippen molar-refractivity contribution in [2.45, 2.75) is 44.1 Å². The van der Waals surface area contributed by atoms with Gasteiger partial charge in [0.15, 0.2) is 0 Å². The molecule has 0 aromatic carbocycles. The lowest BCUT2D eigenvalue weighted by atomic mass is 9.81. The number of fused-ring (bicyclic) bond motifs is 2. The highest BCUT2D eigenvalue weighted by atomic mass is 35.5. The molecule has 1 N–H and O–H groups in total. The SMILES string of the molecule is O=C(O)C1=C2CC=C(Cl)C=C2N=CC2=NN=C[N+]21C1CCC(c2ncccc2F)CC1. The van der Waals surface area contributed by atoms with Crippen LogP contribution in [0.2, 0.25) is 0 Å². The second kappa shape index (κ2) is 7.62. The third-order valence-corrected chi connectivity index (χ3v) is 6.75. The van der Waals surface area contributed by atoms with Gasteiger partial charge in [-0.2, -0.15) is 4.48 Å². The molecule has 4 aliphatic rings. The van der Waals surface area contributed by atoms with Gasteiger partial charge in [0.25, 0.3) is 5.84 Å². The van der Waals surface area contributed by atoms with Gasteiger partial charge in [-0.05, 0) is 31.1 Å². The molecule has 31 heavy (non-hydrogen) atoms. The van der Waals surface area contributed by atoms with Crippen LogP contribution < -0.4 is 0 Å². The summed E-state index contributed by atoms with van der Waals surface area (Å²) < 4.78 is 14.2. The van der Waals surface area contributed by atoms with Crippen LogP contribution in [-0.2, 0) is 4.79 Å². The Labute approximate surface area is 183 Å². The Kier molecular flexibility index (Phi) is 4.91. The molecule has 0 radical (unpaired) electrons. The summed E-state index contributed by atoms with van der Waals surface area (Å²) in [5.41, 5.74) is 1.84. The van der Waals surface area contributed by atoms with Gasteiger partial charge in [-0.1, -0.05) is 27.9 Å². The van der Waals surface area contributed by atoms with Crippen molar-refractivity contribution in [3.05, 3.63) is 64.0 Å². The zero-order valence-electron chi connectivity index (χ0n) is 16.6. The minimum absolute atomic E-state index is 0.00374. The fourth-order valence-electron chi connectivity index (χ4n) is 5.06. The summed E-state index contributed by atoms with van der Waals surface area (Å²) in [5, 5.41) is 19.2. The molecule has 1 atom stereocenters. The minimum Gasteiger partial charge on any atom is -0.474 e. The summed E-state index contributed by atoms with van der Waals surface area (Å²) in [6.45, 7) is 0. The Morgan fingerprint density at radius 2 is 2.06 bits per heavy atom. The van der Waals surface area contributed by atoms with E-state index in [1.54, 1.807) is 37.0 Å². The molecular formula is C22H20ClFN5O2+. The summed E-state index contributed by atoms with van der Waals surface area (Å²) in [4.78, 5) is 21.3. The van der Waals surface area contributed by atoms with E-state index in [-0.39, 0.29) is 28.0 Å². The van der Waals surface area contributed by atoms with E-state index in [0.29, 0.717) is 59.9 Å². The maximum Gasteiger partial charge on any atom is 0.391 e. The monoisotopic (exact) mass is 440 g/mol. The van der Waals surface area contributed by atoms with Crippen LogP contribution in [0.25, 0.3) is 0 Å². The van der Waals surface area contributed by atoms with Gasteiger partial charge in [-0.3, -0.25) is 4.98 Å². The van der Waals surface area contributed by atoms with E-state index < -0.39 is 5.97 Å². The number of halogens is 2. The van der Waals surface area contributed by atoms with Gasteiger partial charge in [-0.25, -0.2) is 14.2 Å². The molecule has 0 spiro atoms. The van der Waals surface area contributed by atoms with Crippen LogP contribution in [0.3, 0.4) is 0 Å². The molecule has 1 saturated carbocycles. The molecule has 7 nitrogen and oxygen atoms in total. The van der Waals surface area contributed by atoms with Gasteiger partial charge in [0.2, 0.25) is 12.0 Å². The number of quaternary nitrogens is 1. The van der Waals surface area contributed by atoms with Crippen molar-refractivity contribution < 1.29 is 18.8 Å². The van der Waals surface area contributed by atoms with Crippen LogP contribution in [0.4, 0.5) is 4.39 Å². The van der Waals surface area contributed by atoms with Crippen molar-refractivity contribution in [1.82, 2.24) is 4.98 Å². The molecule has 0 bridgehead atoms. The largest absolute Gasteiger partial charge is 0.474 e. The van der Waals surface area contributed by atoms with E-state index in [1.807, 2.05) is 0 Å². The van der Waals surface area contributed by atoms with Gasteiger partial charge in [0, 0.05) is 36.4 Å². The van der Waals surface area contributed by atoms with Crippen LogP contribution in [0, 0.1) is 5.82 Å². The number of aliphatic imine (C=N–C) groups is 1. The van der Waals surface area contributed by atoms with Gasteiger partial charge < -0.3 is 5.11 Å². The molecule has 1 unspecified atom stereocenters. The summed E-state index contributed by atoms with van der Waals surface area (Å²) in [6, 6.07) is 2.92. The first-order valence-corrected chi connectivity index (χ1v) is 10.6. The predicted molar refractivity (Wildman–Crippen MR) is 115 cm³/mol. The topological polar surface area (TPSA) is 87.3 Å². The average molecular weight is 441 g/mol. The van der Waals surface area contributed by atoms with Gasteiger partial charge in [-0.15, -0.1) is 0 Å². The first kappa shape index (κ1) is 20.0. The smallest absolute Gasteiger partial charge is 0.391 e. The van der Waals surface area contributed by atoms with E-state index in [2.05, 4.69) is 20.2 Å². The Hall–Kier alpha value is -2.97. The van der Waals surface area contributed by atoms with Gasteiger partial charge >= 0.3 is 5.97 Å². The minimum atomic E-state index is -1.03. The molecule has 1 aromatic heterocycles. The number of hydrogen-bond acceptors (Lipinski definition) is 5. The third kappa shape index (κ3) is 3.18. The zero-order chi connectivity index (χ0) is 21.6. The van der Waals surface area contributed by atoms with E-state index >= 15 is 0 Å². The quantitative estimate of drug-likeness (QED) is 0.712. The number of carbonyl (C=O) groups is 1. The number of nitrogens with zero attached hydrogens (tertiary/aromatic N) is 5. The zero-order valence-corrected chi connectivity index (χ0v) is 17.3. The number of amidine groups is 1. The lowest BCUT2D eigenvalue weighted by Gasteiger charge is -2.40. The maximum absolute atomic E-state index is 14.2. The maximum atomic E-state index is 14.2. The first-order chi connectivity index (χ1) is 15.0. The van der Waals surface area contributed by atoms with Crippen LogP contribution in [0.5, 0.6) is 0 Å². The lowest BCUT2D eigenvalue weighted by molar-refractivity contribution is -0.723. The molecule has 3 heterocycles. The molecule has 158 valence electrons. The van der Waals surface area contributed by atoms with Gasteiger partial charge in [0.05, 0.1) is 17.0 Å². The number of allylic oxidation sites excluding steroid dienone is 4. The van der Waals surface area contributed by atoms with Crippen LogP contribution in [-0.4, -0.2) is 45.0 Å². The van der Waals surface area contributed by atoms with Crippen molar-refractivity contribution in [1.29, 1.82) is 0 Å². The second-order valence-electron chi connectivity index (χ2n) is 8.06. The summed E-state index contributed by atoms with van der Waals surface area (Å²) >= 11 is 6.15. The summed E-state index contributed by atoms with van der Waals surface area (Å²) in [6.07, 6.45) is 11.4. The molecule has 2 aliphatic carbocycles. The van der Waals surface area contributed by atoms with E-state index in [9.17, 15) is 14.3 Å². The third-order valence-electron chi connectivity index (χ3n) is 6.48. The second-order valence-corrected chi connectivity index (χ2v) is 8.49. The van der Waals surface area contributed by atoms with Crippen molar-refractivity contribution in [2.75, 3.05) is 0 Å². The number of hydrogen-bond donors (Lipinski definition) is 1. The molecule has 1 aromatic rings. The molecule has 1 fully saturated rings. The van der Waals surface area contributed by atoms with Crippen molar-refractivity contribution >= 4 is 36.0 Å². The van der Waals surface area contributed by atoms with E-state index in [4.69, 9.17) is 11.6 Å². The number of carboxylic acids is 1. The lowest BCUT2D eigenvalue weighted by Crippen LogP contribution is -2.59. The van der Waals surface area contributed by atoms with Crippen molar-refractivity contribution in [2.24, 2.45) is 15.2 Å². The highest BCUT2D eigenvalue weighted by Gasteiger charge is 2.54. The molecule has 0 saturated heterocycles. The summed E-state index contributed by atoms with van der Waals surface area (Å²) in [7, 11) is 0. The number of aromatic nitrogens is 1. The molecule has 0 amide bonds. The highest BCUT2D eigenvalue weighted by molar-refractivity contribution is 6.32.